The van der Waals surface area contributed by atoms with E-state index < -0.39 is 0 Å². The zero-order valence-electron chi connectivity index (χ0n) is 18.7. The molecule has 6 nitrogen and oxygen atoms in total. The van der Waals surface area contributed by atoms with Crippen LogP contribution in [0.4, 0.5) is 11.4 Å². The number of carbonyl (C=O) groups excluding carboxylic acids is 1. The molecule has 162 valence electrons. The Balaban J connectivity index is 1.50. The van der Waals surface area contributed by atoms with E-state index in [0.717, 1.165) is 24.7 Å². The number of nitrogens with zero attached hydrogens (tertiary/aromatic N) is 3. The van der Waals surface area contributed by atoms with E-state index in [2.05, 4.69) is 39.4 Å². The van der Waals surface area contributed by atoms with E-state index in [4.69, 9.17) is 4.52 Å². The number of hydrogen-bond donors (Lipinski definition) is 1. The standard InChI is InChI=1S/C25H30N4O2/c1-17-13-15-29(16-14-17)19-11-9-18(10-12-19)26-22(30)20-7-5-6-8-21(20)23-27-24(28-31-23)25(2,3)4/h5-12,17H,13-16H2,1-4H3,(H,26,30). The van der Waals surface area contributed by atoms with Crippen LogP contribution in [0, 0.1) is 5.92 Å². The van der Waals surface area contributed by atoms with Gasteiger partial charge in [0.1, 0.15) is 0 Å². The Morgan fingerprint density at radius 2 is 1.74 bits per heavy atom. The summed E-state index contributed by atoms with van der Waals surface area (Å²) in [5.74, 6) is 1.56. The number of amides is 1. The molecule has 1 amide bonds. The lowest BCUT2D eigenvalue weighted by Gasteiger charge is -2.32. The van der Waals surface area contributed by atoms with Gasteiger partial charge in [0.15, 0.2) is 5.82 Å². The highest BCUT2D eigenvalue weighted by molar-refractivity contribution is 6.08. The molecular formula is C25H30N4O2. The van der Waals surface area contributed by atoms with Crippen LogP contribution in [0.15, 0.2) is 53.1 Å². The van der Waals surface area contributed by atoms with Crippen molar-refractivity contribution < 1.29 is 9.32 Å². The second-order valence-electron chi connectivity index (χ2n) is 9.39. The molecule has 2 heterocycles. The van der Waals surface area contributed by atoms with Crippen molar-refractivity contribution in [3.05, 3.63) is 59.9 Å². The third-order valence-corrected chi connectivity index (χ3v) is 5.77. The number of aromatic nitrogens is 2. The van der Waals surface area contributed by atoms with Crippen molar-refractivity contribution in [1.29, 1.82) is 0 Å². The van der Waals surface area contributed by atoms with Gasteiger partial charge >= 0.3 is 0 Å². The van der Waals surface area contributed by atoms with Crippen LogP contribution >= 0.6 is 0 Å². The highest BCUT2D eigenvalue weighted by Gasteiger charge is 2.24. The quantitative estimate of drug-likeness (QED) is 0.604. The molecule has 0 radical (unpaired) electrons. The van der Waals surface area contributed by atoms with Crippen molar-refractivity contribution in [2.45, 2.75) is 46.0 Å². The molecule has 1 fully saturated rings. The Morgan fingerprint density at radius 3 is 2.39 bits per heavy atom. The summed E-state index contributed by atoms with van der Waals surface area (Å²) in [5.41, 5.74) is 2.86. The van der Waals surface area contributed by atoms with Crippen LogP contribution in [0.5, 0.6) is 0 Å². The van der Waals surface area contributed by atoms with E-state index in [1.54, 1.807) is 6.07 Å². The Hall–Kier alpha value is -3.15. The van der Waals surface area contributed by atoms with Gasteiger partial charge in [-0.15, -0.1) is 0 Å². The monoisotopic (exact) mass is 418 g/mol. The van der Waals surface area contributed by atoms with Crippen LogP contribution in [0.3, 0.4) is 0 Å². The van der Waals surface area contributed by atoms with E-state index in [9.17, 15) is 4.79 Å². The first kappa shape index (κ1) is 21.1. The molecule has 1 aliphatic heterocycles. The van der Waals surface area contributed by atoms with Gasteiger partial charge in [-0.1, -0.05) is 45.0 Å². The number of rotatable bonds is 4. The largest absolute Gasteiger partial charge is 0.372 e. The van der Waals surface area contributed by atoms with Gasteiger partial charge < -0.3 is 14.7 Å². The molecule has 1 saturated heterocycles. The van der Waals surface area contributed by atoms with Crippen LogP contribution in [0.2, 0.25) is 0 Å². The fourth-order valence-electron chi connectivity index (χ4n) is 3.73. The molecule has 2 aromatic carbocycles. The van der Waals surface area contributed by atoms with E-state index in [0.29, 0.717) is 22.8 Å². The summed E-state index contributed by atoms with van der Waals surface area (Å²) >= 11 is 0. The summed E-state index contributed by atoms with van der Waals surface area (Å²) in [6.45, 7) is 10.5. The summed E-state index contributed by atoms with van der Waals surface area (Å²) in [7, 11) is 0. The maximum atomic E-state index is 13.0. The topological polar surface area (TPSA) is 71.3 Å². The fourth-order valence-corrected chi connectivity index (χ4v) is 3.73. The Morgan fingerprint density at radius 1 is 1.06 bits per heavy atom. The molecule has 1 N–H and O–H groups in total. The fraction of sp³-hybridized carbons (Fsp3) is 0.400. The molecule has 4 rings (SSSR count). The van der Waals surface area contributed by atoms with Crippen molar-refractivity contribution in [2.24, 2.45) is 5.92 Å². The summed E-state index contributed by atoms with van der Waals surface area (Å²) in [5, 5.41) is 7.08. The van der Waals surface area contributed by atoms with Gasteiger partial charge in [-0.3, -0.25) is 4.79 Å². The summed E-state index contributed by atoms with van der Waals surface area (Å²) in [6.07, 6.45) is 2.45. The maximum Gasteiger partial charge on any atom is 0.258 e. The average Bonchev–Trinajstić information content (AvgIpc) is 3.26. The minimum absolute atomic E-state index is 0.203. The van der Waals surface area contributed by atoms with Gasteiger partial charge in [0.25, 0.3) is 11.8 Å². The molecule has 31 heavy (non-hydrogen) atoms. The van der Waals surface area contributed by atoms with Crippen molar-refractivity contribution in [3.63, 3.8) is 0 Å². The molecule has 0 aliphatic carbocycles. The summed E-state index contributed by atoms with van der Waals surface area (Å²) < 4.78 is 5.46. The van der Waals surface area contributed by atoms with Gasteiger partial charge in [0.2, 0.25) is 0 Å². The highest BCUT2D eigenvalue weighted by atomic mass is 16.5. The third-order valence-electron chi connectivity index (χ3n) is 5.77. The molecule has 0 unspecified atom stereocenters. The second-order valence-corrected chi connectivity index (χ2v) is 9.39. The number of hydrogen-bond acceptors (Lipinski definition) is 5. The lowest BCUT2D eigenvalue weighted by Crippen LogP contribution is -2.32. The molecule has 6 heteroatoms. The van der Waals surface area contributed by atoms with Crippen LogP contribution in [0.25, 0.3) is 11.5 Å². The average molecular weight is 419 g/mol. The minimum Gasteiger partial charge on any atom is -0.372 e. The SMILES string of the molecule is CC1CCN(c2ccc(NC(=O)c3ccccc3-c3nc(C(C)(C)C)no3)cc2)CC1. The van der Waals surface area contributed by atoms with Gasteiger partial charge in [-0.05, 0) is 55.2 Å². The van der Waals surface area contributed by atoms with Gasteiger partial charge in [0.05, 0.1) is 11.1 Å². The zero-order valence-corrected chi connectivity index (χ0v) is 18.7. The summed E-state index contributed by atoms with van der Waals surface area (Å²) in [6, 6.07) is 15.4. The first-order valence-corrected chi connectivity index (χ1v) is 10.9. The number of nitrogens with one attached hydrogen (secondary N) is 1. The predicted molar refractivity (Wildman–Crippen MR) is 123 cm³/mol. The van der Waals surface area contributed by atoms with Crippen LogP contribution in [-0.4, -0.2) is 29.1 Å². The molecule has 0 bridgehead atoms. The minimum atomic E-state index is -0.229. The predicted octanol–water partition coefficient (Wildman–Crippen LogP) is 5.52. The number of anilines is 2. The van der Waals surface area contributed by atoms with Crippen molar-refractivity contribution in [1.82, 2.24) is 10.1 Å². The first-order chi connectivity index (χ1) is 14.8. The van der Waals surface area contributed by atoms with Crippen LogP contribution in [-0.2, 0) is 5.41 Å². The molecular weight excluding hydrogens is 388 g/mol. The normalized spacial score (nSPS) is 15.2. The zero-order chi connectivity index (χ0) is 22.0. The molecule has 3 aromatic rings. The Kier molecular flexibility index (Phi) is 5.81. The number of carbonyl (C=O) groups is 1. The first-order valence-electron chi connectivity index (χ1n) is 10.9. The lowest BCUT2D eigenvalue weighted by atomic mass is 9.96. The Labute approximate surface area is 183 Å². The Bertz CT molecular complexity index is 1040. The third kappa shape index (κ3) is 4.79. The van der Waals surface area contributed by atoms with Gasteiger partial charge in [-0.2, -0.15) is 4.98 Å². The molecule has 0 atom stereocenters. The van der Waals surface area contributed by atoms with Crippen molar-refractivity contribution >= 4 is 17.3 Å². The lowest BCUT2D eigenvalue weighted by molar-refractivity contribution is 0.102. The molecule has 0 spiro atoms. The molecule has 0 saturated carbocycles. The highest BCUT2D eigenvalue weighted by Crippen LogP contribution is 2.28. The second kappa shape index (κ2) is 8.53. The maximum absolute atomic E-state index is 13.0. The number of piperidine rings is 1. The summed E-state index contributed by atoms with van der Waals surface area (Å²) in [4.78, 5) is 19.9. The number of benzene rings is 2. The van der Waals surface area contributed by atoms with Gasteiger partial charge in [0, 0.05) is 29.9 Å². The van der Waals surface area contributed by atoms with E-state index in [-0.39, 0.29) is 11.3 Å². The van der Waals surface area contributed by atoms with Crippen LogP contribution in [0.1, 0.15) is 56.7 Å². The van der Waals surface area contributed by atoms with Gasteiger partial charge in [-0.25, -0.2) is 0 Å². The van der Waals surface area contributed by atoms with E-state index in [1.165, 1.54) is 18.5 Å². The van der Waals surface area contributed by atoms with Crippen molar-refractivity contribution in [2.75, 3.05) is 23.3 Å². The molecule has 1 aromatic heterocycles. The van der Waals surface area contributed by atoms with E-state index >= 15 is 0 Å². The van der Waals surface area contributed by atoms with Crippen molar-refractivity contribution in [3.8, 4) is 11.5 Å². The van der Waals surface area contributed by atoms with E-state index in [1.807, 2.05) is 51.1 Å². The van der Waals surface area contributed by atoms with Crippen LogP contribution < -0.4 is 10.2 Å². The smallest absolute Gasteiger partial charge is 0.258 e. The molecule has 1 aliphatic rings.